The summed E-state index contributed by atoms with van der Waals surface area (Å²) < 4.78 is 5.38. The molecule has 0 radical (unpaired) electrons. The SMILES string of the molecule is CNC(=O)CCN(C)c1nc(N)nc(OC(C)C)n1. The third-order valence-corrected chi connectivity index (χ3v) is 2.26. The van der Waals surface area contributed by atoms with Gasteiger partial charge in [-0.15, -0.1) is 0 Å². The van der Waals surface area contributed by atoms with Crippen LogP contribution in [0.2, 0.25) is 0 Å². The van der Waals surface area contributed by atoms with Gasteiger partial charge in [0, 0.05) is 27.1 Å². The number of anilines is 2. The fourth-order valence-corrected chi connectivity index (χ4v) is 1.29. The Morgan fingerprint density at radius 1 is 1.42 bits per heavy atom. The normalized spacial score (nSPS) is 10.4. The van der Waals surface area contributed by atoms with E-state index < -0.39 is 0 Å². The fourth-order valence-electron chi connectivity index (χ4n) is 1.29. The summed E-state index contributed by atoms with van der Waals surface area (Å²) in [4.78, 5) is 25.0. The lowest BCUT2D eigenvalue weighted by Gasteiger charge is -2.17. The van der Waals surface area contributed by atoms with E-state index in [1.165, 1.54) is 0 Å². The second-order valence-electron chi connectivity index (χ2n) is 4.29. The Bertz CT molecular complexity index is 437. The molecule has 0 aromatic carbocycles. The summed E-state index contributed by atoms with van der Waals surface area (Å²) >= 11 is 0. The smallest absolute Gasteiger partial charge is 0.323 e. The third-order valence-electron chi connectivity index (χ3n) is 2.26. The number of nitrogens with zero attached hydrogens (tertiary/aromatic N) is 4. The van der Waals surface area contributed by atoms with Crippen LogP contribution < -0.4 is 20.7 Å². The van der Waals surface area contributed by atoms with Crippen molar-refractivity contribution in [3.8, 4) is 6.01 Å². The Morgan fingerprint density at radius 2 is 2.11 bits per heavy atom. The molecule has 0 aliphatic rings. The summed E-state index contributed by atoms with van der Waals surface area (Å²) in [6.45, 7) is 4.22. The van der Waals surface area contributed by atoms with Gasteiger partial charge in [-0.2, -0.15) is 15.0 Å². The maximum Gasteiger partial charge on any atom is 0.323 e. The lowest BCUT2D eigenvalue weighted by molar-refractivity contribution is -0.120. The van der Waals surface area contributed by atoms with Crippen LogP contribution in [0.1, 0.15) is 20.3 Å². The number of hydrogen-bond acceptors (Lipinski definition) is 7. The minimum absolute atomic E-state index is 0.0486. The van der Waals surface area contributed by atoms with Crippen LogP contribution in [0.25, 0.3) is 0 Å². The average molecular weight is 268 g/mol. The number of nitrogens with one attached hydrogen (secondary N) is 1. The molecule has 1 aromatic heterocycles. The molecule has 19 heavy (non-hydrogen) atoms. The Kier molecular flexibility index (Phi) is 5.28. The van der Waals surface area contributed by atoms with Gasteiger partial charge in [0.25, 0.3) is 0 Å². The van der Waals surface area contributed by atoms with Crippen LogP contribution in [-0.4, -0.2) is 47.6 Å². The van der Waals surface area contributed by atoms with E-state index in [-0.39, 0.29) is 24.0 Å². The Hall–Kier alpha value is -2.12. The second-order valence-corrected chi connectivity index (χ2v) is 4.29. The quantitative estimate of drug-likeness (QED) is 0.736. The summed E-state index contributed by atoms with van der Waals surface area (Å²) in [7, 11) is 3.37. The number of hydrogen-bond donors (Lipinski definition) is 2. The first-order valence-electron chi connectivity index (χ1n) is 6.02. The summed E-state index contributed by atoms with van der Waals surface area (Å²) in [6.07, 6.45) is 0.296. The molecule has 1 aromatic rings. The van der Waals surface area contributed by atoms with Gasteiger partial charge in [0.15, 0.2) is 0 Å². The van der Waals surface area contributed by atoms with Gasteiger partial charge >= 0.3 is 6.01 Å². The van der Waals surface area contributed by atoms with Crippen molar-refractivity contribution < 1.29 is 9.53 Å². The largest absolute Gasteiger partial charge is 0.461 e. The van der Waals surface area contributed by atoms with E-state index in [9.17, 15) is 4.79 Å². The molecule has 1 amide bonds. The lowest BCUT2D eigenvalue weighted by atomic mass is 10.4. The minimum Gasteiger partial charge on any atom is -0.461 e. The van der Waals surface area contributed by atoms with Crippen molar-refractivity contribution in [2.24, 2.45) is 0 Å². The standard InChI is InChI=1S/C11H20N6O2/c1-7(2)19-11-15-9(12)14-10(16-11)17(4)6-5-8(18)13-3/h7H,5-6H2,1-4H3,(H,13,18)(H2,12,14,15,16). The molecule has 8 nitrogen and oxygen atoms in total. The van der Waals surface area contributed by atoms with Crippen molar-refractivity contribution in [3.05, 3.63) is 0 Å². The number of carbonyl (C=O) groups excluding carboxylic acids is 1. The zero-order valence-corrected chi connectivity index (χ0v) is 11.7. The molecule has 0 atom stereocenters. The van der Waals surface area contributed by atoms with Gasteiger partial charge in [0.1, 0.15) is 0 Å². The van der Waals surface area contributed by atoms with Crippen molar-refractivity contribution in [3.63, 3.8) is 0 Å². The highest BCUT2D eigenvalue weighted by Gasteiger charge is 2.11. The van der Waals surface area contributed by atoms with E-state index in [0.717, 1.165) is 0 Å². The molecule has 106 valence electrons. The highest BCUT2D eigenvalue weighted by atomic mass is 16.5. The van der Waals surface area contributed by atoms with Gasteiger partial charge in [-0.1, -0.05) is 0 Å². The van der Waals surface area contributed by atoms with E-state index >= 15 is 0 Å². The molecular weight excluding hydrogens is 248 g/mol. The molecule has 1 heterocycles. The molecule has 0 saturated carbocycles. The number of nitrogen functional groups attached to an aromatic ring is 1. The molecule has 8 heteroatoms. The number of carbonyl (C=O) groups is 1. The molecule has 0 aliphatic carbocycles. The summed E-state index contributed by atoms with van der Waals surface area (Å²) in [5, 5.41) is 2.55. The number of nitrogens with two attached hydrogens (primary N) is 1. The Balaban J connectivity index is 2.75. The predicted molar refractivity (Wildman–Crippen MR) is 72.0 cm³/mol. The number of rotatable bonds is 6. The zero-order valence-electron chi connectivity index (χ0n) is 11.7. The van der Waals surface area contributed by atoms with E-state index in [1.807, 2.05) is 13.8 Å². The lowest BCUT2D eigenvalue weighted by Crippen LogP contribution is -2.28. The van der Waals surface area contributed by atoms with Crippen molar-refractivity contribution >= 4 is 17.8 Å². The minimum atomic E-state index is -0.0502. The molecule has 0 spiro atoms. The highest BCUT2D eigenvalue weighted by Crippen LogP contribution is 2.13. The molecule has 0 bridgehead atoms. The monoisotopic (exact) mass is 268 g/mol. The van der Waals surface area contributed by atoms with Crippen LogP contribution in [0.15, 0.2) is 0 Å². The van der Waals surface area contributed by atoms with Crippen molar-refractivity contribution in [1.82, 2.24) is 20.3 Å². The van der Waals surface area contributed by atoms with Crippen LogP contribution in [-0.2, 0) is 4.79 Å². The first kappa shape index (κ1) is 14.9. The van der Waals surface area contributed by atoms with Crippen LogP contribution in [0.5, 0.6) is 6.01 Å². The molecule has 0 aliphatic heterocycles. The van der Waals surface area contributed by atoms with Gasteiger partial charge in [-0.05, 0) is 13.8 Å². The number of ether oxygens (including phenoxy) is 1. The van der Waals surface area contributed by atoms with Gasteiger partial charge in [-0.3, -0.25) is 4.79 Å². The predicted octanol–water partition coefficient (Wildman–Crippen LogP) is -0.187. The first-order chi connectivity index (χ1) is 8.92. The first-order valence-corrected chi connectivity index (χ1v) is 6.02. The summed E-state index contributed by atoms with van der Waals surface area (Å²) in [6, 6.07) is 0.185. The fraction of sp³-hybridized carbons (Fsp3) is 0.636. The third kappa shape index (κ3) is 4.94. The van der Waals surface area contributed by atoms with Crippen LogP contribution >= 0.6 is 0 Å². The summed E-state index contributed by atoms with van der Waals surface area (Å²) in [5.74, 6) is 0.423. The zero-order chi connectivity index (χ0) is 14.4. The molecule has 1 rings (SSSR count). The highest BCUT2D eigenvalue weighted by molar-refractivity contribution is 5.76. The summed E-state index contributed by atoms with van der Waals surface area (Å²) in [5.41, 5.74) is 5.61. The molecule has 0 saturated heterocycles. The van der Waals surface area contributed by atoms with E-state index in [1.54, 1.807) is 19.0 Å². The van der Waals surface area contributed by atoms with E-state index in [4.69, 9.17) is 10.5 Å². The topological polar surface area (TPSA) is 106 Å². The van der Waals surface area contributed by atoms with Crippen LogP contribution in [0.4, 0.5) is 11.9 Å². The number of aromatic nitrogens is 3. The van der Waals surface area contributed by atoms with Gasteiger partial charge in [0.2, 0.25) is 17.8 Å². The molecule has 3 N–H and O–H groups in total. The second kappa shape index (κ2) is 6.72. The molecule has 0 fully saturated rings. The van der Waals surface area contributed by atoms with E-state index in [2.05, 4.69) is 20.3 Å². The van der Waals surface area contributed by atoms with Gasteiger partial charge in [-0.25, -0.2) is 0 Å². The maximum atomic E-state index is 11.2. The van der Waals surface area contributed by atoms with Gasteiger partial charge < -0.3 is 20.7 Å². The molecular formula is C11H20N6O2. The van der Waals surface area contributed by atoms with Crippen molar-refractivity contribution in [2.75, 3.05) is 31.3 Å². The molecule has 0 unspecified atom stereocenters. The van der Waals surface area contributed by atoms with Crippen molar-refractivity contribution in [1.29, 1.82) is 0 Å². The van der Waals surface area contributed by atoms with Gasteiger partial charge in [0.05, 0.1) is 6.10 Å². The van der Waals surface area contributed by atoms with E-state index in [0.29, 0.717) is 18.9 Å². The van der Waals surface area contributed by atoms with Crippen molar-refractivity contribution in [2.45, 2.75) is 26.4 Å². The Labute approximate surface area is 112 Å². The Morgan fingerprint density at radius 3 is 2.68 bits per heavy atom. The maximum absolute atomic E-state index is 11.2. The van der Waals surface area contributed by atoms with Crippen LogP contribution in [0.3, 0.4) is 0 Å². The average Bonchev–Trinajstić information content (AvgIpc) is 2.33. The number of amides is 1. The van der Waals surface area contributed by atoms with Crippen LogP contribution in [0, 0.1) is 0 Å².